The molecule has 0 bridgehead atoms. The monoisotopic (exact) mass is 450 g/mol. The lowest BCUT2D eigenvalue weighted by Gasteiger charge is -2.36. The number of nitrogens with one attached hydrogen (secondary N) is 1. The Morgan fingerprint density at radius 3 is 2.31 bits per heavy atom. The molecule has 8 heteroatoms. The molecule has 2 aromatic carbocycles. The second-order valence-electron chi connectivity index (χ2n) is 9.19. The van der Waals surface area contributed by atoms with Gasteiger partial charge in [-0.3, -0.25) is 0 Å². The van der Waals surface area contributed by atoms with Crippen LogP contribution in [0.2, 0.25) is 18.1 Å². The SMILES string of the molecule is COc1cc(C(C#N)Nc2ccc(-c3noc(C)n3)cc2)ccc1O[Si](C)(C)C(C)(C)C. The van der Waals surface area contributed by atoms with Gasteiger partial charge in [0, 0.05) is 18.2 Å². The van der Waals surface area contributed by atoms with Gasteiger partial charge in [0.2, 0.25) is 11.7 Å². The minimum Gasteiger partial charge on any atom is -0.541 e. The van der Waals surface area contributed by atoms with Crippen LogP contribution in [0.3, 0.4) is 0 Å². The maximum atomic E-state index is 9.79. The van der Waals surface area contributed by atoms with Gasteiger partial charge in [0.05, 0.1) is 13.2 Å². The number of nitrogens with zero attached hydrogens (tertiary/aromatic N) is 3. The topological polar surface area (TPSA) is 93.2 Å². The number of rotatable bonds is 7. The van der Waals surface area contributed by atoms with E-state index in [0.717, 1.165) is 16.8 Å². The van der Waals surface area contributed by atoms with Gasteiger partial charge in [0.25, 0.3) is 8.32 Å². The molecule has 0 fully saturated rings. The van der Waals surface area contributed by atoms with Crippen molar-refractivity contribution in [2.45, 2.75) is 51.9 Å². The van der Waals surface area contributed by atoms with E-state index < -0.39 is 14.4 Å². The fourth-order valence-corrected chi connectivity index (χ4v) is 3.89. The normalized spacial score (nSPS) is 12.7. The molecule has 3 aromatic rings. The quantitative estimate of drug-likeness (QED) is 0.434. The molecule has 0 amide bonds. The minimum absolute atomic E-state index is 0.0692. The predicted molar refractivity (Wildman–Crippen MR) is 127 cm³/mol. The zero-order valence-corrected chi connectivity index (χ0v) is 20.7. The maximum Gasteiger partial charge on any atom is 0.250 e. The highest BCUT2D eigenvalue weighted by molar-refractivity contribution is 6.74. The van der Waals surface area contributed by atoms with Gasteiger partial charge in [0.15, 0.2) is 5.75 Å². The van der Waals surface area contributed by atoms with Gasteiger partial charge in [-0.1, -0.05) is 32.0 Å². The number of hydrogen-bond donors (Lipinski definition) is 1. The van der Waals surface area contributed by atoms with Crippen molar-refractivity contribution < 1.29 is 13.7 Å². The van der Waals surface area contributed by atoms with Gasteiger partial charge in [-0.2, -0.15) is 10.2 Å². The number of ether oxygens (including phenoxy) is 1. The summed E-state index contributed by atoms with van der Waals surface area (Å²) in [5.41, 5.74) is 2.44. The standard InChI is InChI=1S/C24H30N4O3Si/c1-16-26-23(28-30-16)17-8-11-19(12-9-17)27-20(15-25)18-10-13-21(22(14-18)29-5)31-32(6,7)24(2,3)4/h8-14,20,27H,1-7H3. The van der Waals surface area contributed by atoms with Crippen LogP contribution in [0, 0.1) is 18.3 Å². The summed E-state index contributed by atoms with van der Waals surface area (Å²) in [4.78, 5) is 4.23. The maximum absolute atomic E-state index is 9.79. The van der Waals surface area contributed by atoms with Crippen LogP contribution < -0.4 is 14.5 Å². The largest absolute Gasteiger partial charge is 0.541 e. The van der Waals surface area contributed by atoms with Crippen LogP contribution in [0.4, 0.5) is 5.69 Å². The van der Waals surface area contributed by atoms with Crippen molar-refractivity contribution in [3.63, 3.8) is 0 Å². The zero-order valence-electron chi connectivity index (χ0n) is 19.7. The van der Waals surface area contributed by atoms with Gasteiger partial charge in [0.1, 0.15) is 11.8 Å². The summed E-state index contributed by atoms with van der Waals surface area (Å²) in [6.45, 7) is 12.7. The summed E-state index contributed by atoms with van der Waals surface area (Å²) in [5, 5.41) is 17.0. The third-order valence-corrected chi connectivity index (χ3v) is 10.1. The molecule has 3 rings (SSSR count). The van der Waals surface area contributed by atoms with Crippen LogP contribution in [0.5, 0.6) is 11.5 Å². The Balaban J connectivity index is 1.79. The van der Waals surface area contributed by atoms with Crippen molar-refractivity contribution >= 4 is 14.0 Å². The number of aryl methyl sites for hydroxylation is 1. The summed E-state index contributed by atoms with van der Waals surface area (Å²) in [6, 6.07) is 15.0. The predicted octanol–water partition coefficient (Wildman–Crippen LogP) is 6.11. The number of anilines is 1. The van der Waals surface area contributed by atoms with Crippen molar-refractivity contribution in [1.82, 2.24) is 10.1 Å². The van der Waals surface area contributed by atoms with E-state index >= 15 is 0 Å². The van der Waals surface area contributed by atoms with Crippen molar-refractivity contribution in [2.24, 2.45) is 0 Å². The van der Waals surface area contributed by atoms with Gasteiger partial charge < -0.3 is 19.0 Å². The highest BCUT2D eigenvalue weighted by Crippen LogP contribution is 2.40. The molecule has 1 heterocycles. The first kappa shape index (κ1) is 23.4. The summed E-state index contributed by atoms with van der Waals surface area (Å²) in [7, 11) is -0.401. The molecule has 0 saturated heterocycles. The van der Waals surface area contributed by atoms with E-state index in [1.54, 1.807) is 14.0 Å². The Hall–Kier alpha value is -3.31. The summed E-state index contributed by atoms with van der Waals surface area (Å²) in [6.07, 6.45) is 0. The van der Waals surface area contributed by atoms with Gasteiger partial charge in [-0.05, 0) is 60.1 Å². The first-order chi connectivity index (χ1) is 15.0. The fourth-order valence-electron chi connectivity index (χ4n) is 2.86. The van der Waals surface area contributed by atoms with Crippen molar-refractivity contribution in [3.8, 4) is 29.0 Å². The lowest BCUT2D eigenvalue weighted by molar-refractivity contribution is 0.385. The summed E-state index contributed by atoms with van der Waals surface area (Å²) >= 11 is 0. The Morgan fingerprint density at radius 1 is 1.09 bits per heavy atom. The number of nitriles is 1. The zero-order chi connectivity index (χ0) is 23.5. The Labute approximate surface area is 190 Å². The summed E-state index contributed by atoms with van der Waals surface area (Å²) < 4.78 is 17.0. The van der Waals surface area contributed by atoms with E-state index in [-0.39, 0.29) is 5.04 Å². The molecule has 32 heavy (non-hydrogen) atoms. The van der Waals surface area contributed by atoms with Gasteiger partial charge >= 0.3 is 0 Å². The second-order valence-corrected chi connectivity index (χ2v) is 13.9. The number of benzene rings is 2. The van der Waals surface area contributed by atoms with Gasteiger partial charge in [-0.25, -0.2) is 0 Å². The van der Waals surface area contributed by atoms with E-state index in [2.05, 4.69) is 55.4 Å². The molecule has 1 N–H and O–H groups in total. The fraction of sp³-hybridized carbons (Fsp3) is 0.375. The molecule has 7 nitrogen and oxygen atoms in total. The number of methoxy groups -OCH3 is 1. The smallest absolute Gasteiger partial charge is 0.250 e. The van der Waals surface area contributed by atoms with E-state index in [1.165, 1.54) is 0 Å². The molecule has 1 atom stereocenters. The molecular formula is C24H30N4O3Si. The first-order valence-corrected chi connectivity index (χ1v) is 13.4. The third-order valence-electron chi connectivity index (χ3n) is 5.80. The molecule has 0 aliphatic heterocycles. The number of hydrogen-bond acceptors (Lipinski definition) is 7. The molecule has 1 unspecified atom stereocenters. The van der Waals surface area contributed by atoms with Crippen LogP contribution >= 0.6 is 0 Å². The van der Waals surface area contributed by atoms with Crippen molar-refractivity contribution in [1.29, 1.82) is 5.26 Å². The Bertz CT molecular complexity index is 1110. The van der Waals surface area contributed by atoms with Crippen LogP contribution in [-0.4, -0.2) is 25.6 Å². The molecule has 0 aliphatic carbocycles. The molecule has 168 valence electrons. The Morgan fingerprint density at radius 2 is 1.78 bits per heavy atom. The lowest BCUT2D eigenvalue weighted by Crippen LogP contribution is -2.43. The highest BCUT2D eigenvalue weighted by atomic mass is 28.4. The average Bonchev–Trinajstić information content (AvgIpc) is 3.18. The van der Waals surface area contributed by atoms with Crippen LogP contribution in [0.15, 0.2) is 47.0 Å². The highest BCUT2D eigenvalue weighted by Gasteiger charge is 2.39. The molecule has 0 saturated carbocycles. The van der Waals surface area contributed by atoms with E-state index in [0.29, 0.717) is 23.2 Å². The van der Waals surface area contributed by atoms with Crippen LogP contribution in [-0.2, 0) is 0 Å². The summed E-state index contributed by atoms with van der Waals surface area (Å²) in [5.74, 6) is 2.38. The van der Waals surface area contributed by atoms with E-state index in [9.17, 15) is 5.26 Å². The van der Waals surface area contributed by atoms with E-state index in [4.69, 9.17) is 13.7 Å². The first-order valence-electron chi connectivity index (χ1n) is 10.5. The second kappa shape index (κ2) is 9.05. The molecule has 0 spiro atoms. The van der Waals surface area contributed by atoms with Crippen LogP contribution in [0.25, 0.3) is 11.4 Å². The minimum atomic E-state index is -2.02. The van der Waals surface area contributed by atoms with Crippen LogP contribution in [0.1, 0.15) is 38.3 Å². The lowest BCUT2D eigenvalue weighted by atomic mass is 10.1. The molecule has 1 aromatic heterocycles. The molecule has 0 aliphatic rings. The molecular weight excluding hydrogens is 420 g/mol. The van der Waals surface area contributed by atoms with Gasteiger partial charge in [-0.15, -0.1) is 0 Å². The third kappa shape index (κ3) is 5.11. The van der Waals surface area contributed by atoms with Crippen molar-refractivity contribution in [3.05, 3.63) is 53.9 Å². The average molecular weight is 451 g/mol. The molecule has 0 radical (unpaired) electrons. The van der Waals surface area contributed by atoms with E-state index in [1.807, 2.05) is 42.5 Å². The Kier molecular flexibility index (Phi) is 6.60. The van der Waals surface area contributed by atoms with Crippen molar-refractivity contribution in [2.75, 3.05) is 12.4 Å². The number of aromatic nitrogens is 2.